The van der Waals surface area contributed by atoms with Gasteiger partial charge in [-0.15, -0.1) is 11.8 Å². The molecule has 0 radical (unpaired) electrons. The minimum Gasteiger partial charge on any atom is -0.465 e. The molecule has 0 unspecified atom stereocenters. The quantitative estimate of drug-likeness (QED) is 0.0421. The lowest BCUT2D eigenvalue weighted by Gasteiger charge is -2.43. The van der Waals surface area contributed by atoms with Crippen LogP contribution in [-0.2, 0) is 28.7 Å². The molecule has 280 valence electrons. The molecule has 0 saturated carbocycles. The number of ether oxygens (including phenoxy) is 2. The van der Waals surface area contributed by atoms with Crippen molar-refractivity contribution in [3.63, 3.8) is 0 Å². The zero-order chi connectivity index (χ0) is 36.8. The highest BCUT2D eigenvalue weighted by molar-refractivity contribution is 5.89. The summed E-state index contributed by atoms with van der Waals surface area (Å²) in [6, 6.07) is 0. The van der Waals surface area contributed by atoms with E-state index in [1.54, 1.807) is 4.90 Å². The molecule has 9 nitrogen and oxygen atoms in total. The van der Waals surface area contributed by atoms with E-state index >= 15 is 0 Å². The Hall–Kier alpha value is -3.04. The van der Waals surface area contributed by atoms with Gasteiger partial charge < -0.3 is 24.6 Å². The van der Waals surface area contributed by atoms with E-state index in [4.69, 9.17) is 9.47 Å². The summed E-state index contributed by atoms with van der Waals surface area (Å²) in [7, 11) is 3.92. The van der Waals surface area contributed by atoms with Gasteiger partial charge in [-0.1, -0.05) is 64.2 Å². The topological polar surface area (TPSA) is 105 Å². The third kappa shape index (κ3) is 24.7. The van der Waals surface area contributed by atoms with Crippen molar-refractivity contribution in [3.05, 3.63) is 0 Å². The molecule has 0 heterocycles. The molecule has 0 aromatic rings. The maximum absolute atomic E-state index is 14.1. The first-order valence-corrected chi connectivity index (χ1v) is 18.8. The second-order valence-electron chi connectivity index (χ2n) is 14.2. The monoisotopic (exact) mass is 688 g/mol. The van der Waals surface area contributed by atoms with Gasteiger partial charge in [0.05, 0.1) is 0 Å². The van der Waals surface area contributed by atoms with E-state index in [0.29, 0.717) is 38.6 Å². The number of carbonyl (C=O) groups excluding carboxylic acids is 4. The fraction of sp³-hybridized carbons (Fsp3) is 0.800. The van der Waals surface area contributed by atoms with Crippen molar-refractivity contribution < 1.29 is 28.7 Å². The van der Waals surface area contributed by atoms with E-state index in [1.807, 2.05) is 39.8 Å². The maximum atomic E-state index is 14.1. The molecule has 0 spiro atoms. The normalized spacial score (nSPS) is 11.2. The first-order valence-electron chi connectivity index (χ1n) is 18.8. The Morgan fingerprint density at radius 2 is 1.12 bits per heavy atom. The SMILES string of the molecule is CCCCCCC#CCCOC(=O)CCCC(CCCC(=O)OCCC#CCCCCCC)(C(=O)NC(C)(C)C)N(C=O)CCCN(C)C. The van der Waals surface area contributed by atoms with Crippen LogP contribution in [0.4, 0.5) is 0 Å². The maximum Gasteiger partial charge on any atom is 0.305 e. The van der Waals surface area contributed by atoms with Crippen molar-refractivity contribution in [2.75, 3.05) is 40.4 Å². The first kappa shape index (κ1) is 46.0. The summed E-state index contributed by atoms with van der Waals surface area (Å²) in [5, 5.41) is 3.08. The van der Waals surface area contributed by atoms with E-state index in [9.17, 15) is 19.2 Å². The van der Waals surface area contributed by atoms with E-state index in [2.05, 4.69) is 42.8 Å². The Bertz CT molecular complexity index is 990. The summed E-state index contributed by atoms with van der Waals surface area (Å²) < 4.78 is 10.8. The number of amides is 2. The molecule has 0 aromatic carbocycles. The van der Waals surface area contributed by atoms with Gasteiger partial charge in [-0.2, -0.15) is 0 Å². The van der Waals surface area contributed by atoms with Crippen LogP contribution in [0.1, 0.15) is 157 Å². The molecule has 0 fully saturated rings. The molecule has 9 heteroatoms. The van der Waals surface area contributed by atoms with Crippen LogP contribution in [0.15, 0.2) is 0 Å². The van der Waals surface area contributed by atoms with Gasteiger partial charge in [-0.25, -0.2) is 0 Å². The molecule has 0 saturated heterocycles. The molecule has 0 bridgehead atoms. The van der Waals surface area contributed by atoms with Crippen LogP contribution < -0.4 is 5.32 Å². The van der Waals surface area contributed by atoms with Gasteiger partial charge in [0, 0.05) is 50.6 Å². The lowest BCUT2D eigenvalue weighted by molar-refractivity contribution is -0.147. The standard InChI is InChI=1S/C40H69N3O6/c1-8-10-12-14-16-18-20-22-33-48-36(45)27-24-29-40(38(47)41-39(3,4)5,43(35-44)32-26-31-42(6)7)30-25-28-37(46)49-34-23-21-19-17-15-13-11-9-2/h35H,8-17,22-34H2,1-7H3,(H,41,47). The highest BCUT2D eigenvalue weighted by Crippen LogP contribution is 2.30. The van der Waals surface area contributed by atoms with Gasteiger partial charge in [-0.05, 0) is 86.4 Å². The predicted octanol–water partition coefficient (Wildman–Crippen LogP) is 7.20. The van der Waals surface area contributed by atoms with Crippen molar-refractivity contribution in [2.45, 2.75) is 168 Å². The summed E-state index contributed by atoms with van der Waals surface area (Å²) in [6.07, 6.45) is 14.9. The predicted molar refractivity (Wildman–Crippen MR) is 198 cm³/mol. The molecule has 49 heavy (non-hydrogen) atoms. The van der Waals surface area contributed by atoms with Crippen LogP contribution in [0.2, 0.25) is 0 Å². The Kier molecular flexibility index (Phi) is 27.0. The van der Waals surface area contributed by atoms with Crippen molar-refractivity contribution in [3.8, 4) is 23.7 Å². The van der Waals surface area contributed by atoms with E-state index < -0.39 is 11.1 Å². The summed E-state index contributed by atoms with van der Waals surface area (Å²) in [4.78, 5) is 55.5. The first-order chi connectivity index (χ1) is 23.4. The number of esters is 2. The second kappa shape index (κ2) is 28.8. The van der Waals surface area contributed by atoms with Crippen LogP contribution in [0.25, 0.3) is 0 Å². The summed E-state index contributed by atoms with van der Waals surface area (Å²) >= 11 is 0. The fourth-order valence-corrected chi connectivity index (χ4v) is 5.41. The molecule has 0 rings (SSSR count). The number of unbranched alkanes of at least 4 members (excludes halogenated alkanes) is 8. The molecule has 0 aliphatic carbocycles. The molecular formula is C40H69N3O6. The van der Waals surface area contributed by atoms with Crippen LogP contribution in [0.3, 0.4) is 0 Å². The van der Waals surface area contributed by atoms with E-state index in [1.165, 1.54) is 38.5 Å². The highest BCUT2D eigenvalue weighted by Gasteiger charge is 2.44. The fourth-order valence-electron chi connectivity index (χ4n) is 5.41. The largest absolute Gasteiger partial charge is 0.465 e. The van der Waals surface area contributed by atoms with Crippen LogP contribution in [-0.4, -0.2) is 85.5 Å². The van der Waals surface area contributed by atoms with Crippen molar-refractivity contribution in [2.24, 2.45) is 0 Å². The molecule has 0 atom stereocenters. The Morgan fingerprint density at radius 1 is 0.653 bits per heavy atom. The summed E-state index contributed by atoms with van der Waals surface area (Å²) in [6.45, 7) is 11.6. The molecule has 2 amide bonds. The van der Waals surface area contributed by atoms with Gasteiger partial charge in [0.15, 0.2) is 0 Å². The number of hydrogen-bond acceptors (Lipinski definition) is 7. The number of hydrogen-bond donors (Lipinski definition) is 1. The summed E-state index contributed by atoms with van der Waals surface area (Å²) in [5.74, 6) is 11.4. The zero-order valence-electron chi connectivity index (χ0n) is 32.2. The molecule has 1 N–H and O–H groups in total. The minimum atomic E-state index is -1.24. The number of nitrogens with one attached hydrogen (secondary N) is 1. The Balaban J connectivity index is 5.46. The molecule has 0 aromatic heterocycles. The number of nitrogens with zero attached hydrogens (tertiary/aromatic N) is 2. The second-order valence-corrected chi connectivity index (χ2v) is 14.2. The number of carbonyl (C=O) groups is 4. The molecular weight excluding hydrogens is 618 g/mol. The average Bonchev–Trinajstić information content (AvgIpc) is 3.03. The highest BCUT2D eigenvalue weighted by atomic mass is 16.5. The number of rotatable bonds is 27. The van der Waals surface area contributed by atoms with Crippen molar-refractivity contribution in [1.29, 1.82) is 0 Å². The average molecular weight is 688 g/mol. The van der Waals surface area contributed by atoms with Crippen LogP contribution in [0.5, 0.6) is 0 Å². The third-order valence-corrected chi connectivity index (χ3v) is 8.08. The van der Waals surface area contributed by atoms with Crippen LogP contribution in [0, 0.1) is 23.7 Å². The van der Waals surface area contributed by atoms with Gasteiger partial charge in [-0.3, -0.25) is 19.2 Å². The molecule has 0 aliphatic heterocycles. The zero-order valence-corrected chi connectivity index (χ0v) is 32.2. The Morgan fingerprint density at radius 3 is 1.53 bits per heavy atom. The van der Waals surface area contributed by atoms with E-state index in [0.717, 1.165) is 38.6 Å². The van der Waals surface area contributed by atoms with Gasteiger partial charge >= 0.3 is 11.9 Å². The summed E-state index contributed by atoms with van der Waals surface area (Å²) in [5.41, 5.74) is -1.79. The van der Waals surface area contributed by atoms with Crippen molar-refractivity contribution >= 4 is 24.3 Å². The van der Waals surface area contributed by atoms with E-state index in [-0.39, 0.29) is 56.7 Å². The third-order valence-electron chi connectivity index (χ3n) is 8.08. The minimum absolute atomic E-state index is 0.112. The van der Waals surface area contributed by atoms with Gasteiger partial charge in [0.25, 0.3) is 0 Å². The van der Waals surface area contributed by atoms with Crippen molar-refractivity contribution in [1.82, 2.24) is 15.1 Å². The lowest BCUT2D eigenvalue weighted by Crippen LogP contribution is -2.61. The Labute approximate surface area is 299 Å². The van der Waals surface area contributed by atoms with Gasteiger partial charge in [0.2, 0.25) is 12.3 Å². The van der Waals surface area contributed by atoms with Gasteiger partial charge in [0.1, 0.15) is 18.8 Å². The smallest absolute Gasteiger partial charge is 0.305 e. The molecule has 0 aliphatic rings. The van der Waals surface area contributed by atoms with Crippen LogP contribution >= 0.6 is 0 Å². The lowest BCUT2D eigenvalue weighted by atomic mass is 9.83.